The highest BCUT2D eigenvalue weighted by Gasteiger charge is 1.95. The molecule has 1 aliphatic heterocycles. The van der Waals surface area contributed by atoms with Crippen LogP contribution in [0.5, 0.6) is 0 Å². The molecule has 0 bridgehead atoms. The predicted molar refractivity (Wildman–Crippen MR) is 54.6 cm³/mol. The van der Waals surface area contributed by atoms with Crippen LogP contribution in [-0.4, -0.2) is 32.4 Å². The summed E-state index contributed by atoms with van der Waals surface area (Å²) in [5.74, 6) is 0. The largest absolute Gasteiger partial charge is 0.744 e. The summed E-state index contributed by atoms with van der Waals surface area (Å²) < 4.78 is 30.8. The molecule has 0 aromatic heterocycles. The van der Waals surface area contributed by atoms with Crippen molar-refractivity contribution in [1.82, 2.24) is 0 Å². The molecule has 0 aliphatic carbocycles. The zero-order valence-electron chi connectivity index (χ0n) is 8.04. The lowest BCUT2D eigenvalue weighted by atomic mass is 10.4. The standard InChI is InChI=1S/C6H6O3S.C3H6N2/c7-10(8,9)6-4-2-1-3-5-6;1-2-5-3-4-1/h1-5H,(H,7,8,9);3H,1-2H2,(H,4,5). The number of quaternary nitrogens is 1. The molecule has 0 unspecified atom stereocenters. The Hall–Kier alpha value is -1.24. The van der Waals surface area contributed by atoms with Crippen LogP contribution in [0.3, 0.4) is 0 Å². The van der Waals surface area contributed by atoms with Gasteiger partial charge in [-0.3, -0.25) is 0 Å². The summed E-state index contributed by atoms with van der Waals surface area (Å²) in [6.07, 6.45) is 1.86. The first-order valence-electron chi connectivity index (χ1n) is 4.43. The monoisotopic (exact) mass is 228 g/mol. The third-order valence-corrected chi connectivity index (χ3v) is 2.52. The van der Waals surface area contributed by atoms with Crippen molar-refractivity contribution in [3.8, 4) is 0 Å². The van der Waals surface area contributed by atoms with E-state index in [0.717, 1.165) is 13.1 Å². The van der Waals surface area contributed by atoms with Crippen molar-refractivity contribution in [3.63, 3.8) is 0 Å². The smallest absolute Gasteiger partial charge is 0.182 e. The molecule has 0 saturated heterocycles. The SMILES string of the molecule is C1=NCC[NH2+]1.O=S(=O)([O-])c1ccccc1. The summed E-state index contributed by atoms with van der Waals surface area (Å²) >= 11 is 0. The minimum Gasteiger partial charge on any atom is -0.744 e. The molecule has 0 atom stereocenters. The highest BCUT2D eigenvalue weighted by Crippen LogP contribution is 2.04. The Morgan fingerprint density at radius 1 is 1.27 bits per heavy atom. The number of benzene rings is 1. The number of rotatable bonds is 1. The van der Waals surface area contributed by atoms with Gasteiger partial charge in [-0.1, -0.05) is 18.2 Å². The second-order valence-corrected chi connectivity index (χ2v) is 4.23. The third kappa shape index (κ3) is 4.68. The fourth-order valence-corrected chi connectivity index (χ4v) is 1.45. The topological polar surface area (TPSA) is 86.2 Å². The second-order valence-electron chi connectivity index (χ2n) is 2.85. The molecular weight excluding hydrogens is 216 g/mol. The fraction of sp³-hybridized carbons (Fsp3) is 0.222. The van der Waals surface area contributed by atoms with E-state index in [9.17, 15) is 13.0 Å². The molecule has 0 saturated carbocycles. The zero-order valence-corrected chi connectivity index (χ0v) is 8.85. The minimum absolute atomic E-state index is 0.185. The Kier molecular flexibility index (Phi) is 4.41. The van der Waals surface area contributed by atoms with Crippen LogP contribution < -0.4 is 5.32 Å². The number of nitrogens with two attached hydrogens (primary N) is 1. The molecule has 6 heteroatoms. The lowest BCUT2D eigenvalue weighted by molar-refractivity contribution is -0.518. The van der Waals surface area contributed by atoms with Crippen LogP contribution in [0.2, 0.25) is 0 Å². The number of aliphatic imine (C=N–C) groups is 1. The van der Waals surface area contributed by atoms with Crippen molar-refractivity contribution in [2.45, 2.75) is 4.90 Å². The molecule has 1 aromatic rings. The van der Waals surface area contributed by atoms with Crippen LogP contribution in [0.25, 0.3) is 0 Å². The average Bonchev–Trinajstić information content (AvgIpc) is 2.76. The number of hydrogen-bond acceptors (Lipinski definition) is 4. The molecule has 82 valence electrons. The van der Waals surface area contributed by atoms with Crippen LogP contribution in [0.15, 0.2) is 40.2 Å². The molecule has 0 radical (unpaired) electrons. The molecule has 1 aliphatic rings. The Bertz CT molecular complexity index is 408. The van der Waals surface area contributed by atoms with Gasteiger partial charge in [0.1, 0.15) is 16.7 Å². The van der Waals surface area contributed by atoms with Crippen molar-refractivity contribution < 1.29 is 18.3 Å². The van der Waals surface area contributed by atoms with Gasteiger partial charge in [0.05, 0.1) is 11.4 Å². The van der Waals surface area contributed by atoms with Crippen molar-refractivity contribution in [3.05, 3.63) is 30.3 Å². The van der Waals surface area contributed by atoms with Gasteiger partial charge in [0.15, 0.2) is 6.34 Å². The molecule has 1 aromatic carbocycles. The van der Waals surface area contributed by atoms with E-state index in [1.54, 1.807) is 6.07 Å². The highest BCUT2D eigenvalue weighted by atomic mass is 32.2. The molecule has 5 nitrogen and oxygen atoms in total. The Labute approximate surface area is 88.6 Å². The number of nitrogens with zero attached hydrogens (tertiary/aromatic N) is 1. The Morgan fingerprint density at radius 3 is 2.20 bits per heavy atom. The maximum absolute atomic E-state index is 10.3. The summed E-state index contributed by atoms with van der Waals surface area (Å²) in [6.45, 7) is 2.17. The minimum atomic E-state index is -4.25. The van der Waals surface area contributed by atoms with E-state index in [1.807, 2.05) is 6.34 Å². The quantitative estimate of drug-likeness (QED) is 0.637. The van der Waals surface area contributed by atoms with E-state index < -0.39 is 10.1 Å². The molecule has 1 heterocycles. The summed E-state index contributed by atoms with van der Waals surface area (Å²) in [5, 5.41) is 2.07. The van der Waals surface area contributed by atoms with Crippen LogP contribution in [0.4, 0.5) is 0 Å². The van der Waals surface area contributed by atoms with Crippen molar-refractivity contribution in [1.29, 1.82) is 0 Å². The first-order valence-corrected chi connectivity index (χ1v) is 5.84. The summed E-state index contributed by atoms with van der Waals surface area (Å²) in [5.41, 5.74) is 0. The maximum Gasteiger partial charge on any atom is 0.182 e. The molecule has 2 rings (SSSR count). The molecule has 0 fully saturated rings. The Balaban J connectivity index is 0.000000187. The van der Waals surface area contributed by atoms with Gasteiger partial charge < -0.3 is 9.87 Å². The van der Waals surface area contributed by atoms with Gasteiger partial charge in [-0.05, 0) is 12.1 Å². The van der Waals surface area contributed by atoms with Crippen LogP contribution >= 0.6 is 0 Å². The first-order chi connectivity index (χ1) is 7.11. The molecule has 2 N–H and O–H groups in total. The molecule has 0 spiro atoms. The number of hydrogen-bond donors (Lipinski definition) is 1. The van der Waals surface area contributed by atoms with Crippen molar-refractivity contribution >= 4 is 16.5 Å². The van der Waals surface area contributed by atoms with E-state index >= 15 is 0 Å². The van der Waals surface area contributed by atoms with E-state index in [4.69, 9.17) is 0 Å². The maximum atomic E-state index is 10.3. The van der Waals surface area contributed by atoms with E-state index in [2.05, 4.69) is 10.3 Å². The zero-order chi connectivity index (χ0) is 11.1. The van der Waals surface area contributed by atoms with Crippen LogP contribution in [0, 0.1) is 0 Å². The van der Waals surface area contributed by atoms with Gasteiger partial charge in [-0.2, -0.15) is 0 Å². The van der Waals surface area contributed by atoms with E-state index in [-0.39, 0.29) is 4.90 Å². The summed E-state index contributed by atoms with van der Waals surface area (Å²) in [7, 11) is -4.25. The van der Waals surface area contributed by atoms with Crippen molar-refractivity contribution in [2.75, 3.05) is 13.1 Å². The highest BCUT2D eigenvalue weighted by molar-refractivity contribution is 7.85. The lowest BCUT2D eigenvalue weighted by Crippen LogP contribution is -2.80. The molecule has 0 amide bonds. The Morgan fingerprint density at radius 2 is 1.93 bits per heavy atom. The van der Waals surface area contributed by atoms with Crippen LogP contribution in [0.1, 0.15) is 0 Å². The van der Waals surface area contributed by atoms with E-state index in [0.29, 0.717) is 0 Å². The van der Waals surface area contributed by atoms with Crippen LogP contribution in [-0.2, 0) is 10.1 Å². The molecule has 15 heavy (non-hydrogen) atoms. The van der Waals surface area contributed by atoms with Crippen molar-refractivity contribution in [2.24, 2.45) is 4.99 Å². The second kappa shape index (κ2) is 5.59. The van der Waals surface area contributed by atoms with Gasteiger partial charge in [0.25, 0.3) is 0 Å². The van der Waals surface area contributed by atoms with Gasteiger partial charge in [0.2, 0.25) is 0 Å². The van der Waals surface area contributed by atoms with E-state index in [1.165, 1.54) is 24.3 Å². The van der Waals surface area contributed by atoms with Gasteiger partial charge >= 0.3 is 0 Å². The summed E-state index contributed by atoms with van der Waals surface area (Å²) in [6, 6.07) is 7.19. The predicted octanol–water partition coefficient (Wildman–Crippen LogP) is -0.818. The third-order valence-electron chi connectivity index (χ3n) is 1.67. The first kappa shape index (κ1) is 11.8. The average molecular weight is 228 g/mol. The fourth-order valence-electron chi connectivity index (χ4n) is 0.960. The normalized spacial score (nSPS) is 14.5. The van der Waals surface area contributed by atoms with Gasteiger partial charge in [-0.15, -0.1) is 0 Å². The lowest BCUT2D eigenvalue weighted by Gasteiger charge is -2.04. The summed E-state index contributed by atoms with van der Waals surface area (Å²) in [4.78, 5) is 3.72. The van der Waals surface area contributed by atoms with Gasteiger partial charge in [0, 0.05) is 0 Å². The van der Waals surface area contributed by atoms with Gasteiger partial charge in [-0.25, -0.2) is 13.4 Å². The molecular formula is C9H12N2O3S.